The first-order chi connectivity index (χ1) is 7.28. The molecule has 0 aromatic rings. The largest absolute Gasteiger partial charge is 0.346 e. The van der Waals surface area contributed by atoms with Gasteiger partial charge < -0.3 is 9.47 Å². The standard InChI is InChI=1S/C11H18Br2O2/c12-7-9-3-1-5-11(14-9)6-2-4-10(8-13)15-11/h9-10H,1-8H2. The van der Waals surface area contributed by atoms with E-state index in [4.69, 9.17) is 9.47 Å². The van der Waals surface area contributed by atoms with E-state index < -0.39 is 0 Å². The van der Waals surface area contributed by atoms with Gasteiger partial charge in [0, 0.05) is 23.5 Å². The van der Waals surface area contributed by atoms with Crippen LogP contribution in [0.3, 0.4) is 0 Å². The molecule has 88 valence electrons. The van der Waals surface area contributed by atoms with E-state index in [9.17, 15) is 0 Å². The molecule has 2 aliphatic heterocycles. The molecule has 2 aliphatic rings. The van der Waals surface area contributed by atoms with Crippen LogP contribution in [0.5, 0.6) is 0 Å². The first kappa shape index (κ1) is 12.3. The lowest BCUT2D eigenvalue weighted by Gasteiger charge is -2.45. The Bertz CT molecular complexity index is 189. The Kier molecular flexibility index (Phi) is 4.50. The van der Waals surface area contributed by atoms with Gasteiger partial charge in [-0.25, -0.2) is 0 Å². The van der Waals surface area contributed by atoms with Crippen LogP contribution in [0.1, 0.15) is 38.5 Å². The van der Waals surface area contributed by atoms with E-state index in [2.05, 4.69) is 31.9 Å². The molecule has 2 heterocycles. The van der Waals surface area contributed by atoms with E-state index in [0.29, 0.717) is 12.2 Å². The second-order valence-electron chi connectivity index (χ2n) is 4.48. The van der Waals surface area contributed by atoms with Crippen LogP contribution >= 0.6 is 31.9 Å². The Morgan fingerprint density at radius 1 is 0.933 bits per heavy atom. The molecule has 2 rings (SSSR count). The van der Waals surface area contributed by atoms with Gasteiger partial charge in [0.05, 0.1) is 12.2 Å². The molecule has 0 aromatic heterocycles. The summed E-state index contributed by atoms with van der Waals surface area (Å²) in [6.45, 7) is 0. The summed E-state index contributed by atoms with van der Waals surface area (Å²) in [6, 6.07) is 0. The Morgan fingerprint density at radius 2 is 1.40 bits per heavy atom. The van der Waals surface area contributed by atoms with Gasteiger partial charge in [-0.2, -0.15) is 0 Å². The number of hydrogen-bond donors (Lipinski definition) is 0. The number of alkyl halides is 2. The molecule has 0 N–H and O–H groups in total. The van der Waals surface area contributed by atoms with Gasteiger partial charge >= 0.3 is 0 Å². The molecule has 0 saturated carbocycles. The number of rotatable bonds is 2. The van der Waals surface area contributed by atoms with Crippen LogP contribution in [0.4, 0.5) is 0 Å². The highest BCUT2D eigenvalue weighted by Crippen LogP contribution is 2.39. The molecule has 2 atom stereocenters. The Balaban J connectivity index is 1.98. The lowest BCUT2D eigenvalue weighted by Crippen LogP contribution is -2.48. The lowest BCUT2D eigenvalue weighted by molar-refractivity contribution is -0.307. The van der Waals surface area contributed by atoms with Crippen molar-refractivity contribution in [1.82, 2.24) is 0 Å². The third-order valence-corrected chi connectivity index (χ3v) is 4.72. The van der Waals surface area contributed by atoms with Gasteiger partial charge in [0.2, 0.25) is 0 Å². The SMILES string of the molecule is BrCC1CCCC2(CCCC(CBr)O2)O1. The summed E-state index contributed by atoms with van der Waals surface area (Å²) in [4.78, 5) is 0. The fourth-order valence-corrected chi connectivity index (χ4v) is 3.44. The minimum absolute atomic E-state index is 0.257. The minimum Gasteiger partial charge on any atom is -0.346 e. The van der Waals surface area contributed by atoms with Gasteiger partial charge in [-0.1, -0.05) is 31.9 Å². The van der Waals surface area contributed by atoms with Crippen LogP contribution in [0.2, 0.25) is 0 Å². The predicted octanol–water partition coefficient (Wildman–Crippen LogP) is 3.61. The van der Waals surface area contributed by atoms with E-state index in [1.54, 1.807) is 0 Å². The second kappa shape index (κ2) is 5.48. The molecule has 2 saturated heterocycles. The zero-order valence-electron chi connectivity index (χ0n) is 8.88. The molecule has 0 aromatic carbocycles. The maximum Gasteiger partial charge on any atom is 0.169 e. The number of halogens is 2. The molecule has 0 bridgehead atoms. The second-order valence-corrected chi connectivity index (χ2v) is 5.78. The van der Waals surface area contributed by atoms with Crippen LogP contribution in [-0.2, 0) is 9.47 Å². The number of hydrogen-bond acceptors (Lipinski definition) is 2. The molecule has 0 radical (unpaired) electrons. The normalized spacial score (nSPS) is 42.0. The van der Waals surface area contributed by atoms with Crippen molar-refractivity contribution < 1.29 is 9.47 Å². The molecule has 0 aliphatic carbocycles. The Morgan fingerprint density at radius 3 is 1.80 bits per heavy atom. The summed E-state index contributed by atoms with van der Waals surface area (Å²) < 4.78 is 12.2. The molecule has 0 amide bonds. The summed E-state index contributed by atoms with van der Waals surface area (Å²) in [6.07, 6.45) is 7.60. The molecule has 15 heavy (non-hydrogen) atoms. The van der Waals surface area contributed by atoms with Crippen molar-refractivity contribution in [2.45, 2.75) is 56.5 Å². The lowest BCUT2D eigenvalue weighted by atomic mass is 9.93. The van der Waals surface area contributed by atoms with E-state index in [0.717, 1.165) is 36.3 Å². The third-order valence-electron chi connectivity index (χ3n) is 3.27. The Hall–Kier alpha value is 0.880. The Labute approximate surface area is 108 Å². The fourth-order valence-electron chi connectivity index (χ4n) is 2.53. The monoisotopic (exact) mass is 340 g/mol. The maximum atomic E-state index is 6.11. The molecule has 4 heteroatoms. The van der Waals surface area contributed by atoms with Crippen molar-refractivity contribution in [2.24, 2.45) is 0 Å². The predicted molar refractivity (Wildman–Crippen MR) is 67.8 cm³/mol. The average molecular weight is 342 g/mol. The van der Waals surface area contributed by atoms with Crippen molar-refractivity contribution in [3.63, 3.8) is 0 Å². The van der Waals surface area contributed by atoms with Gasteiger partial charge in [0.15, 0.2) is 5.79 Å². The van der Waals surface area contributed by atoms with Gasteiger partial charge in [-0.15, -0.1) is 0 Å². The smallest absolute Gasteiger partial charge is 0.169 e. The van der Waals surface area contributed by atoms with Crippen LogP contribution < -0.4 is 0 Å². The van der Waals surface area contributed by atoms with Crippen molar-refractivity contribution in [2.75, 3.05) is 10.7 Å². The zero-order chi connectivity index (χ0) is 10.7. The van der Waals surface area contributed by atoms with Gasteiger partial charge in [-0.3, -0.25) is 0 Å². The highest BCUT2D eigenvalue weighted by atomic mass is 79.9. The van der Waals surface area contributed by atoms with E-state index in [-0.39, 0.29) is 5.79 Å². The van der Waals surface area contributed by atoms with E-state index >= 15 is 0 Å². The van der Waals surface area contributed by atoms with Gasteiger partial charge in [0.25, 0.3) is 0 Å². The summed E-state index contributed by atoms with van der Waals surface area (Å²) >= 11 is 7.01. The van der Waals surface area contributed by atoms with Crippen LogP contribution in [0.15, 0.2) is 0 Å². The molecule has 2 unspecified atom stereocenters. The summed E-state index contributed by atoms with van der Waals surface area (Å²) in [5.41, 5.74) is 0. The molecular weight excluding hydrogens is 324 g/mol. The average Bonchev–Trinajstić information content (AvgIpc) is 2.29. The zero-order valence-corrected chi connectivity index (χ0v) is 12.1. The van der Waals surface area contributed by atoms with Crippen molar-refractivity contribution in [3.05, 3.63) is 0 Å². The first-order valence-electron chi connectivity index (χ1n) is 5.75. The molecule has 2 nitrogen and oxygen atoms in total. The van der Waals surface area contributed by atoms with Crippen LogP contribution in [0, 0.1) is 0 Å². The molecule has 2 fully saturated rings. The topological polar surface area (TPSA) is 18.5 Å². The summed E-state index contributed by atoms with van der Waals surface area (Å²) in [5.74, 6) is -0.257. The molecule has 1 spiro atoms. The quantitative estimate of drug-likeness (QED) is 0.714. The first-order valence-corrected chi connectivity index (χ1v) is 8.00. The van der Waals surface area contributed by atoms with Crippen molar-refractivity contribution in [1.29, 1.82) is 0 Å². The number of ether oxygens (including phenoxy) is 2. The maximum absolute atomic E-state index is 6.11. The third kappa shape index (κ3) is 2.96. The van der Waals surface area contributed by atoms with E-state index in [1.165, 1.54) is 12.8 Å². The highest BCUT2D eigenvalue weighted by Gasteiger charge is 2.41. The summed E-state index contributed by atoms with van der Waals surface area (Å²) in [5, 5.41) is 1.86. The van der Waals surface area contributed by atoms with Crippen molar-refractivity contribution in [3.8, 4) is 0 Å². The van der Waals surface area contributed by atoms with E-state index in [1.807, 2.05) is 0 Å². The van der Waals surface area contributed by atoms with Crippen LogP contribution in [0.25, 0.3) is 0 Å². The molecular formula is C11H18Br2O2. The van der Waals surface area contributed by atoms with Gasteiger partial charge in [-0.05, 0) is 25.7 Å². The minimum atomic E-state index is -0.257. The van der Waals surface area contributed by atoms with Gasteiger partial charge in [0.1, 0.15) is 0 Å². The van der Waals surface area contributed by atoms with Crippen molar-refractivity contribution >= 4 is 31.9 Å². The van der Waals surface area contributed by atoms with Crippen LogP contribution in [-0.4, -0.2) is 28.7 Å². The summed E-state index contributed by atoms with van der Waals surface area (Å²) in [7, 11) is 0. The fraction of sp³-hybridized carbons (Fsp3) is 1.00. The highest BCUT2D eigenvalue weighted by molar-refractivity contribution is 9.09.